The zero-order valence-corrected chi connectivity index (χ0v) is 13.9. The molecule has 1 N–H and O–H groups in total. The number of hydrogen-bond donors (Lipinski definition) is 1. The molecule has 0 spiro atoms. The van der Waals surface area contributed by atoms with Crippen LogP contribution in [0.5, 0.6) is 0 Å². The van der Waals surface area contributed by atoms with Crippen molar-refractivity contribution in [3.05, 3.63) is 23.5 Å². The maximum Gasteiger partial charge on any atom is 0.411 e. The molecule has 0 amide bonds. The number of aliphatic hydroxyl groups excluding tert-OH is 1. The number of aliphatic hydroxyl groups is 1. The van der Waals surface area contributed by atoms with Gasteiger partial charge in [0.05, 0.1) is 18.9 Å². The second kappa shape index (κ2) is 10.9. The van der Waals surface area contributed by atoms with Crippen LogP contribution >= 0.6 is 11.8 Å². The Balaban J connectivity index is 2.02. The molecule has 132 valence electrons. The number of aromatic nitrogens is 1. The molecule has 0 radical (unpaired) electrons. The highest BCUT2D eigenvalue weighted by Crippen LogP contribution is 2.23. The summed E-state index contributed by atoms with van der Waals surface area (Å²) >= 11 is 1.63. The lowest BCUT2D eigenvalue weighted by Crippen LogP contribution is -2.17. The number of thioether (sulfide) groups is 1. The van der Waals surface area contributed by atoms with Gasteiger partial charge in [-0.3, -0.25) is 4.98 Å². The zero-order valence-electron chi connectivity index (χ0n) is 13.1. The van der Waals surface area contributed by atoms with Crippen LogP contribution < -0.4 is 0 Å². The minimum Gasteiger partial charge on any atom is -0.390 e. The number of alkyl halides is 3. The third kappa shape index (κ3) is 9.14. The van der Waals surface area contributed by atoms with Gasteiger partial charge in [-0.25, -0.2) is 0 Å². The van der Waals surface area contributed by atoms with Crippen LogP contribution in [-0.2, 0) is 16.1 Å². The summed E-state index contributed by atoms with van der Waals surface area (Å²) in [6, 6.07) is 1.90. The van der Waals surface area contributed by atoms with Crippen LogP contribution in [0, 0.1) is 6.92 Å². The number of ether oxygens (including phenoxy) is 2. The summed E-state index contributed by atoms with van der Waals surface area (Å²) in [5, 5.41) is 9.15. The Morgan fingerprint density at radius 3 is 2.52 bits per heavy atom. The first-order chi connectivity index (χ1) is 10.9. The molecule has 23 heavy (non-hydrogen) atoms. The van der Waals surface area contributed by atoms with Crippen LogP contribution in [0.2, 0.25) is 0 Å². The minimum absolute atomic E-state index is 0.0762. The lowest BCUT2D eigenvalue weighted by atomic mass is 10.2. The van der Waals surface area contributed by atoms with Gasteiger partial charge in [0.2, 0.25) is 0 Å². The van der Waals surface area contributed by atoms with Crippen LogP contribution in [-0.4, -0.2) is 48.4 Å². The van der Waals surface area contributed by atoms with Crippen LogP contribution in [0.3, 0.4) is 0 Å². The lowest BCUT2D eigenvalue weighted by molar-refractivity contribution is -0.174. The molecule has 1 aromatic rings. The highest BCUT2D eigenvalue weighted by Gasteiger charge is 2.27. The van der Waals surface area contributed by atoms with E-state index in [0.717, 1.165) is 16.2 Å². The normalized spacial score (nSPS) is 11.9. The molecule has 0 aromatic carbocycles. The van der Waals surface area contributed by atoms with Gasteiger partial charge < -0.3 is 14.6 Å². The van der Waals surface area contributed by atoms with Gasteiger partial charge in [-0.2, -0.15) is 13.2 Å². The van der Waals surface area contributed by atoms with Crippen LogP contribution in [0.15, 0.2) is 17.2 Å². The van der Waals surface area contributed by atoms with Crippen LogP contribution in [0.25, 0.3) is 0 Å². The van der Waals surface area contributed by atoms with Crippen molar-refractivity contribution < 1.29 is 27.8 Å². The number of nitrogens with zero attached hydrogens (tertiary/aromatic N) is 1. The summed E-state index contributed by atoms with van der Waals surface area (Å²) in [6.07, 6.45) is -1.37. The standard InChI is InChI=1S/C15H22F3NO3S/c1-12-13(10-20)19-5-4-14(12)23-9-8-21-6-2-3-7-22-11-15(16,17)18/h4-5,20H,2-3,6-11H2,1H3. The average Bonchev–Trinajstić information content (AvgIpc) is 2.49. The molecule has 8 heteroatoms. The molecule has 1 heterocycles. The van der Waals surface area contributed by atoms with Crippen molar-refractivity contribution in [2.45, 2.75) is 37.4 Å². The molecular weight excluding hydrogens is 331 g/mol. The van der Waals surface area contributed by atoms with Gasteiger partial charge in [-0.05, 0) is 31.4 Å². The molecule has 0 unspecified atom stereocenters. The number of rotatable bonds is 11. The summed E-state index contributed by atoms with van der Waals surface area (Å²) in [7, 11) is 0. The first-order valence-corrected chi connectivity index (χ1v) is 8.33. The van der Waals surface area contributed by atoms with Gasteiger partial charge >= 0.3 is 6.18 Å². The van der Waals surface area contributed by atoms with E-state index in [1.807, 2.05) is 13.0 Å². The van der Waals surface area contributed by atoms with E-state index in [4.69, 9.17) is 9.84 Å². The quantitative estimate of drug-likeness (QED) is 0.488. The molecule has 0 bridgehead atoms. The van der Waals surface area contributed by atoms with E-state index in [0.29, 0.717) is 31.7 Å². The molecule has 0 aliphatic carbocycles. The SMILES string of the molecule is Cc1c(SCCOCCCCOCC(F)(F)F)ccnc1CO. The maximum absolute atomic E-state index is 11.8. The number of pyridine rings is 1. The van der Waals surface area contributed by atoms with E-state index in [-0.39, 0.29) is 13.2 Å². The number of unbranched alkanes of at least 4 members (excludes halogenated alkanes) is 1. The molecule has 1 aromatic heterocycles. The second-order valence-corrected chi connectivity index (χ2v) is 6.01. The van der Waals surface area contributed by atoms with Crippen molar-refractivity contribution in [1.82, 2.24) is 4.98 Å². The molecule has 4 nitrogen and oxygen atoms in total. The molecule has 0 saturated carbocycles. The Morgan fingerprint density at radius 2 is 1.87 bits per heavy atom. The van der Waals surface area contributed by atoms with Gasteiger partial charge in [-0.15, -0.1) is 11.8 Å². The highest BCUT2D eigenvalue weighted by molar-refractivity contribution is 7.99. The Kier molecular flexibility index (Phi) is 9.54. The molecule has 0 fully saturated rings. The van der Waals surface area contributed by atoms with Crippen LogP contribution in [0.4, 0.5) is 13.2 Å². The van der Waals surface area contributed by atoms with Gasteiger partial charge in [0.1, 0.15) is 6.61 Å². The molecule has 0 aliphatic rings. The predicted molar refractivity (Wildman–Crippen MR) is 82.5 cm³/mol. The van der Waals surface area contributed by atoms with Crippen molar-refractivity contribution in [2.75, 3.05) is 32.2 Å². The second-order valence-electron chi connectivity index (χ2n) is 4.87. The molecule has 0 saturated heterocycles. The zero-order chi connectivity index (χ0) is 17.1. The van der Waals surface area contributed by atoms with Crippen molar-refractivity contribution >= 4 is 11.8 Å². The molecule has 0 atom stereocenters. The van der Waals surface area contributed by atoms with Gasteiger partial charge in [0.25, 0.3) is 0 Å². The van der Waals surface area contributed by atoms with Gasteiger partial charge in [0, 0.05) is 30.1 Å². The first kappa shape index (κ1) is 20.2. The minimum atomic E-state index is -4.26. The van der Waals surface area contributed by atoms with E-state index in [2.05, 4.69) is 9.72 Å². The Morgan fingerprint density at radius 1 is 1.17 bits per heavy atom. The van der Waals surface area contributed by atoms with Crippen LogP contribution in [0.1, 0.15) is 24.1 Å². The monoisotopic (exact) mass is 353 g/mol. The first-order valence-electron chi connectivity index (χ1n) is 7.34. The largest absolute Gasteiger partial charge is 0.411 e. The summed E-state index contributed by atoms with van der Waals surface area (Å²) < 4.78 is 45.4. The topological polar surface area (TPSA) is 51.6 Å². The van der Waals surface area contributed by atoms with Gasteiger partial charge in [-0.1, -0.05) is 0 Å². The van der Waals surface area contributed by atoms with E-state index in [1.54, 1.807) is 18.0 Å². The molecule has 0 aliphatic heterocycles. The Labute approximate surface area is 138 Å². The highest BCUT2D eigenvalue weighted by atomic mass is 32.2. The Bertz CT molecular complexity index is 458. The van der Waals surface area contributed by atoms with E-state index in [1.165, 1.54) is 0 Å². The van der Waals surface area contributed by atoms with Crippen molar-refractivity contribution in [1.29, 1.82) is 0 Å². The van der Waals surface area contributed by atoms with E-state index < -0.39 is 12.8 Å². The maximum atomic E-state index is 11.8. The summed E-state index contributed by atoms with van der Waals surface area (Å²) in [5.41, 5.74) is 1.65. The fourth-order valence-corrected chi connectivity index (χ4v) is 2.70. The van der Waals surface area contributed by atoms with Crippen molar-refractivity contribution in [2.24, 2.45) is 0 Å². The lowest BCUT2D eigenvalue weighted by Gasteiger charge is -2.09. The summed E-state index contributed by atoms with van der Waals surface area (Å²) in [4.78, 5) is 5.15. The fraction of sp³-hybridized carbons (Fsp3) is 0.667. The van der Waals surface area contributed by atoms with Crippen molar-refractivity contribution in [3.63, 3.8) is 0 Å². The van der Waals surface area contributed by atoms with E-state index >= 15 is 0 Å². The van der Waals surface area contributed by atoms with Crippen molar-refractivity contribution in [3.8, 4) is 0 Å². The smallest absolute Gasteiger partial charge is 0.390 e. The number of halogens is 3. The Hall–Kier alpha value is -0.830. The molecule has 1 rings (SSSR count). The predicted octanol–water partition coefficient (Wildman–Crippen LogP) is 3.35. The fourth-order valence-electron chi connectivity index (χ4n) is 1.78. The number of hydrogen-bond acceptors (Lipinski definition) is 5. The average molecular weight is 353 g/mol. The third-order valence-corrected chi connectivity index (χ3v) is 4.11. The van der Waals surface area contributed by atoms with E-state index in [9.17, 15) is 13.2 Å². The summed E-state index contributed by atoms with van der Waals surface area (Å²) in [5.74, 6) is 0.764. The molecular formula is C15H22F3NO3S. The third-order valence-electron chi connectivity index (χ3n) is 2.99. The van der Waals surface area contributed by atoms with Gasteiger partial charge in [0.15, 0.2) is 0 Å². The summed E-state index contributed by atoms with van der Waals surface area (Å²) in [6.45, 7) is 1.82.